The maximum absolute atomic E-state index is 10.2. The van der Waals surface area contributed by atoms with Crippen molar-refractivity contribution in [3.63, 3.8) is 0 Å². The molecule has 0 radical (unpaired) electrons. The maximum Gasteiger partial charge on any atom is 0.302 e. The third-order valence-corrected chi connectivity index (χ3v) is 0.852. The quantitative estimate of drug-likeness (QED) is 0.424. The van der Waals surface area contributed by atoms with Crippen molar-refractivity contribution < 1.29 is 9.53 Å². The van der Waals surface area contributed by atoms with Gasteiger partial charge in [0.25, 0.3) is 0 Å². The van der Waals surface area contributed by atoms with Crippen LogP contribution < -0.4 is 0 Å². The molecule has 0 bridgehead atoms. The van der Waals surface area contributed by atoms with E-state index in [2.05, 4.69) is 4.74 Å². The van der Waals surface area contributed by atoms with Gasteiger partial charge in [-0.15, -0.1) is 0 Å². The summed E-state index contributed by atoms with van der Waals surface area (Å²) >= 11 is 0. The number of rotatable bonds is 2. The molecule has 3 heteroatoms. The molecule has 0 saturated carbocycles. The Hall–Kier alpha value is -1.30. The molecule has 0 fully saturated rings. The van der Waals surface area contributed by atoms with Crippen molar-refractivity contribution in [3.8, 4) is 6.07 Å². The molecule has 0 aromatic rings. The molecule has 0 aromatic carbocycles. The molecule has 10 heavy (non-hydrogen) atoms. The first-order chi connectivity index (χ1) is 4.66. The average molecular weight is 139 g/mol. The fourth-order valence-corrected chi connectivity index (χ4v) is 0.330. The molecule has 0 aromatic heterocycles. The molecule has 0 spiro atoms. The Morgan fingerprint density at radius 1 is 1.70 bits per heavy atom. The van der Waals surface area contributed by atoms with Crippen molar-refractivity contribution in [2.24, 2.45) is 0 Å². The van der Waals surface area contributed by atoms with Crippen LogP contribution >= 0.6 is 0 Å². The first-order valence-corrected chi connectivity index (χ1v) is 2.87. The first kappa shape index (κ1) is 8.70. The fraction of sp³-hybridized carbons (Fsp3) is 0.429. The minimum absolute atomic E-state index is 0.189. The summed E-state index contributed by atoms with van der Waals surface area (Å²) in [6, 6.07) is 1.91. The number of nitrogens with zero attached hydrogens (tertiary/aromatic N) is 1. The van der Waals surface area contributed by atoms with E-state index < -0.39 is 0 Å². The van der Waals surface area contributed by atoms with E-state index in [4.69, 9.17) is 5.26 Å². The minimum atomic E-state index is -0.331. The van der Waals surface area contributed by atoms with Crippen molar-refractivity contribution in [1.29, 1.82) is 5.26 Å². The third kappa shape index (κ3) is 4.85. The summed E-state index contributed by atoms with van der Waals surface area (Å²) in [5, 5.41) is 8.24. The number of hydrogen-bond acceptors (Lipinski definition) is 3. The van der Waals surface area contributed by atoms with E-state index in [9.17, 15) is 4.79 Å². The van der Waals surface area contributed by atoms with Crippen molar-refractivity contribution in [1.82, 2.24) is 0 Å². The van der Waals surface area contributed by atoms with E-state index >= 15 is 0 Å². The van der Waals surface area contributed by atoms with Crippen LogP contribution in [0.4, 0.5) is 0 Å². The van der Waals surface area contributed by atoms with Crippen LogP contribution in [-0.4, -0.2) is 12.6 Å². The van der Waals surface area contributed by atoms with Crippen LogP contribution in [0.1, 0.15) is 13.8 Å². The third-order valence-electron chi connectivity index (χ3n) is 0.852. The molecule has 0 atom stereocenters. The minimum Gasteiger partial charge on any atom is -0.462 e. The number of nitriles is 1. The van der Waals surface area contributed by atoms with Gasteiger partial charge in [0.05, 0.1) is 6.07 Å². The molecular weight excluding hydrogens is 130 g/mol. The second-order valence-electron chi connectivity index (χ2n) is 1.80. The van der Waals surface area contributed by atoms with Gasteiger partial charge < -0.3 is 4.74 Å². The predicted molar refractivity (Wildman–Crippen MR) is 36.0 cm³/mol. The Morgan fingerprint density at radius 3 is 2.70 bits per heavy atom. The second kappa shape index (κ2) is 4.57. The van der Waals surface area contributed by atoms with Crippen LogP contribution in [0.3, 0.4) is 0 Å². The van der Waals surface area contributed by atoms with Crippen LogP contribution in [0.15, 0.2) is 11.6 Å². The molecule has 0 aliphatic carbocycles. The van der Waals surface area contributed by atoms with E-state index in [1.807, 2.05) is 6.07 Å². The van der Waals surface area contributed by atoms with Crippen molar-refractivity contribution in [3.05, 3.63) is 11.6 Å². The lowest BCUT2D eigenvalue weighted by Gasteiger charge is -1.93. The van der Waals surface area contributed by atoms with Crippen LogP contribution in [0.25, 0.3) is 0 Å². The molecular formula is C7H9NO2. The number of hydrogen-bond donors (Lipinski definition) is 0. The highest BCUT2D eigenvalue weighted by atomic mass is 16.5. The van der Waals surface area contributed by atoms with Gasteiger partial charge in [0.1, 0.15) is 6.61 Å². The first-order valence-electron chi connectivity index (χ1n) is 2.87. The van der Waals surface area contributed by atoms with E-state index in [1.165, 1.54) is 6.92 Å². The lowest BCUT2D eigenvalue weighted by molar-refractivity contribution is -0.139. The summed E-state index contributed by atoms with van der Waals surface area (Å²) in [5.41, 5.74) is 0.557. The molecule has 3 nitrogen and oxygen atoms in total. The summed E-state index contributed by atoms with van der Waals surface area (Å²) in [5.74, 6) is -0.331. The lowest BCUT2D eigenvalue weighted by atomic mass is 10.3. The van der Waals surface area contributed by atoms with Gasteiger partial charge in [-0.2, -0.15) is 5.26 Å². The van der Waals surface area contributed by atoms with Gasteiger partial charge in [-0.05, 0) is 13.0 Å². The molecule has 0 aliphatic rings. The summed E-state index contributed by atoms with van der Waals surface area (Å²) in [6.07, 6.45) is 1.56. The lowest BCUT2D eigenvalue weighted by Crippen LogP contribution is -1.97. The van der Waals surface area contributed by atoms with Gasteiger partial charge in [0, 0.05) is 12.5 Å². The molecule has 0 amide bonds. The molecule has 0 saturated heterocycles. The maximum atomic E-state index is 10.2. The van der Waals surface area contributed by atoms with E-state index in [-0.39, 0.29) is 12.6 Å². The number of carbonyl (C=O) groups is 1. The highest BCUT2D eigenvalue weighted by molar-refractivity contribution is 5.66. The molecule has 54 valence electrons. The van der Waals surface area contributed by atoms with Crippen LogP contribution in [0, 0.1) is 11.3 Å². The second-order valence-corrected chi connectivity index (χ2v) is 1.80. The molecule has 0 aliphatic heterocycles. The Balaban J connectivity index is 3.56. The summed E-state index contributed by atoms with van der Waals surface area (Å²) in [4.78, 5) is 10.2. The Labute approximate surface area is 59.9 Å². The highest BCUT2D eigenvalue weighted by Crippen LogP contribution is 1.88. The Morgan fingerprint density at radius 2 is 2.30 bits per heavy atom. The SMILES string of the molecule is CC(=O)OCC=C(C)C#N. The topological polar surface area (TPSA) is 50.1 Å². The van der Waals surface area contributed by atoms with E-state index in [0.29, 0.717) is 5.57 Å². The molecule has 0 unspecified atom stereocenters. The standard InChI is InChI=1S/C7H9NO2/c1-6(5-8)3-4-10-7(2)9/h3H,4H2,1-2H3. The van der Waals surface area contributed by atoms with Crippen molar-refractivity contribution in [2.75, 3.05) is 6.61 Å². The largest absolute Gasteiger partial charge is 0.462 e. The number of esters is 1. The Kier molecular flexibility index (Phi) is 3.97. The van der Waals surface area contributed by atoms with Gasteiger partial charge in [-0.3, -0.25) is 4.79 Å². The van der Waals surface area contributed by atoms with Crippen molar-refractivity contribution >= 4 is 5.97 Å². The molecule has 0 rings (SSSR count). The van der Waals surface area contributed by atoms with E-state index in [1.54, 1.807) is 13.0 Å². The summed E-state index contributed by atoms with van der Waals surface area (Å²) in [6.45, 7) is 3.17. The van der Waals surface area contributed by atoms with Gasteiger partial charge in [-0.25, -0.2) is 0 Å². The van der Waals surface area contributed by atoms with Crippen molar-refractivity contribution in [2.45, 2.75) is 13.8 Å². The fourth-order valence-electron chi connectivity index (χ4n) is 0.330. The van der Waals surface area contributed by atoms with Gasteiger partial charge in [0.15, 0.2) is 0 Å². The zero-order valence-corrected chi connectivity index (χ0v) is 6.05. The van der Waals surface area contributed by atoms with Gasteiger partial charge in [-0.1, -0.05) is 0 Å². The summed E-state index contributed by atoms with van der Waals surface area (Å²) in [7, 11) is 0. The van der Waals surface area contributed by atoms with Crippen LogP contribution in [0.5, 0.6) is 0 Å². The van der Waals surface area contributed by atoms with Crippen LogP contribution in [0.2, 0.25) is 0 Å². The molecule has 0 heterocycles. The normalized spacial score (nSPS) is 10.3. The smallest absolute Gasteiger partial charge is 0.302 e. The Bertz CT molecular complexity index is 188. The number of ether oxygens (including phenoxy) is 1. The van der Waals surface area contributed by atoms with Crippen LogP contribution in [-0.2, 0) is 9.53 Å². The average Bonchev–Trinajstić information content (AvgIpc) is 1.87. The monoisotopic (exact) mass is 139 g/mol. The zero-order valence-electron chi connectivity index (χ0n) is 6.05. The predicted octanol–water partition coefficient (Wildman–Crippen LogP) is 1.02. The molecule has 0 N–H and O–H groups in total. The van der Waals surface area contributed by atoms with Gasteiger partial charge in [0.2, 0.25) is 0 Å². The number of carbonyl (C=O) groups excluding carboxylic acids is 1. The van der Waals surface area contributed by atoms with Gasteiger partial charge >= 0.3 is 5.97 Å². The highest BCUT2D eigenvalue weighted by Gasteiger charge is 1.88. The number of allylic oxidation sites excluding steroid dienone is 1. The zero-order chi connectivity index (χ0) is 7.98. The summed E-state index contributed by atoms with van der Waals surface area (Å²) < 4.78 is 4.55. The van der Waals surface area contributed by atoms with E-state index in [0.717, 1.165) is 0 Å².